The third-order valence-electron chi connectivity index (χ3n) is 2.33. The van der Waals surface area contributed by atoms with Gasteiger partial charge in [-0.3, -0.25) is 0 Å². The minimum absolute atomic E-state index is 0.686. The monoisotopic (exact) mass is 213 g/mol. The molecule has 3 heteroatoms. The number of rotatable bonds is 4. The Morgan fingerprint density at radius 2 is 1.93 bits per heavy atom. The zero-order valence-corrected chi connectivity index (χ0v) is 9.30. The van der Waals surface area contributed by atoms with E-state index in [2.05, 4.69) is 5.32 Å². The topological polar surface area (TPSA) is 32.3 Å². The van der Waals surface area contributed by atoms with Gasteiger partial charge in [0.1, 0.15) is 0 Å². The predicted molar refractivity (Wildman–Crippen MR) is 59.6 cm³/mol. The molecule has 78 valence electrons. The molecule has 2 N–H and O–H groups in total. The van der Waals surface area contributed by atoms with Crippen molar-refractivity contribution in [2.75, 3.05) is 13.6 Å². The average Bonchev–Trinajstić information content (AvgIpc) is 2.16. The molecule has 1 aromatic rings. The van der Waals surface area contributed by atoms with Crippen molar-refractivity contribution in [1.82, 2.24) is 5.32 Å². The fraction of sp³-hybridized carbons (Fsp3) is 0.455. The highest BCUT2D eigenvalue weighted by Crippen LogP contribution is 2.25. The van der Waals surface area contributed by atoms with Crippen LogP contribution in [0.2, 0.25) is 5.02 Å². The van der Waals surface area contributed by atoms with E-state index >= 15 is 0 Å². The first-order chi connectivity index (χ1) is 6.56. The van der Waals surface area contributed by atoms with Crippen molar-refractivity contribution in [2.24, 2.45) is 0 Å². The molecule has 0 aliphatic rings. The Labute approximate surface area is 89.9 Å². The van der Waals surface area contributed by atoms with Gasteiger partial charge in [-0.1, -0.05) is 23.7 Å². The standard InChI is InChI=1S/C11H16ClNO/c1-11(14,7-8-13-2)9-3-5-10(12)6-4-9/h3-6,13-14H,7-8H2,1-2H3. The summed E-state index contributed by atoms with van der Waals surface area (Å²) in [5.41, 5.74) is 0.116. The molecule has 2 nitrogen and oxygen atoms in total. The highest BCUT2D eigenvalue weighted by atomic mass is 35.5. The second kappa shape index (κ2) is 4.78. The Balaban J connectivity index is 2.75. The van der Waals surface area contributed by atoms with Gasteiger partial charge in [0, 0.05) is 5.02 Å². The molecule has 0 radical (unpaired) electrons. The molecule has 0 aromatic heterocycles. The minimum atomic E-state index is -0.784. The minimum Gasteiger partial charge on any atom is -0.385 e. The summed E-state index contributed by atoms with van der Waals surface area (Å²) in [6.07, 6.45) is 0.686. The van der Waals surface area contributed by atoms with Crippen LogP contribution in [0.5, 0.6) is 0 Å². The molecule has 0 heterocycles. The van der Waals surface area contributed by atoms with Crippen molar-refractivity contribution in [3.63, 3.8) is 0 Å². The van der Waals surface area contributed by atoms with E-state index in [4.69, 9.17) is 11.6 Å². The van der Waals surface area contributed by atoms with Gasteiger partial charge in [-0.25, -0.2) is 0 Å². The fourth-order valence-corrected chi connectivity index (χ4v) is 1.45. The molecule has 0 fully saturated rings. The summed E-state index contributed by atoms with van der Waals surface area (Å²) >= 11 is 5.77. The van der Waals surface area contributed by atoms with Crippen LogP contribution in [0.1, 0.15) is 18.9 Å². The van der Waals surface area contributed by atoms with E-state index in [-0.39, 0.29) is 0 Å². The lowest BCUT2D eigenvalue weighted by molar-refractivity contribution is 0.0485. The zero-order chi connectivity index (χ0) is 10.6. The van der Waals surface area contributed by atoms with Crippen LogP contribution < -0.4 is 5.32 Å². The molecule has 0 amide bonds. The molecule has 0 saturated carbocycles. The predicted octanol–water partition coefficient (Wildman–Crippen LogP) is 2.16. The Bertz CT molecular complexity index is 282. The lowest BCUT2D eigenvalue weighted by Crippen LogP contribution is -2.26. The summed E-state index contributed by atoms with van der Waals surface area (Å²) in [4.78, 5) is 0. The van der Waals surface area contributed by atoms with Crippen molar-refractivity contribution in [1.29, 1.82) is 0 Å². The molecular formula is C11H16ClNO. The Hall–Kier alpha value is -0.570. The summed E-state index contributed by atoms with van der Waals surface area (Å²) in [7, 11) is 1.87. The number of hydrogen-bond acceptors (Lipinski definition) is 2. The van der Waals surface area contributed by atoms with Gasteiger partial charge in [0.25, 0.3) is 0 Å². The second-order valence-corrected chi connectivity index (χ2v) is 4.07. The van der Waals surface area contributed by atoms with E-state index in [0.29, 0.717) is 11.4 Å². The molecule has 14 heavy (non-hydrogen) atoms. The number of hydrogen-bond donors (Lipinski definition) is 2. The number of nitrogens with one attached hydrogen (secondary N) is 1. The third kappa shape index (κ3) is 2.98. The van der Waals surface area contributed by atoms with Crippen LogP contribution in [-0.4, -0.2) is 18.7 Å². The van der Waals surface area contributed by atoms with Crippen molar-refractivity contribution in [3.05, 3.63) is 34.9 Å². The Morgan fingerprint density at radius 3 is 2.43 bits per heavy atom. The molecule has 0 aliphatic carbocycles. The largest absolute Gasteiger partial charge is 0.385 e. The van der Waals surface area contributed by atoms with Gasteiger partial charge in [0.15, 0.2) is 0 Å². The van der Waals surface area contributed by atoms with E-state index in [1.54, 1.807) is 12.1 Å². The van der Waals surface area contributed by atoms with Crippen LogP contribution in [0.25, 0.3) is 0 Å². The van der Waals surface area contributed by atoms with Crippen LogP contribution in [0.3, 0.4) is 0 Å². The van der Waals surface area contributed by atoms with Gasteiger partial charge >= 0.3 is 0 Å². The van der Waals surface area contributed by atoms with Crippen molar-refractivity contribution >= 4 is 11.6 Å². The zero-order valence-electron chi connectivity index (χ0n) is 8.55. The lowest BCUT2D eigenvalue weighted by Gasteiger charge is -2.23. The molecule has 1 atom stereocenters. The highest BCUT2D eigenvalue weighted by Gasteiger charge is 2.21. The SMILES string of the molecule is CNCCC(C)(O)c1ccc(Cl)cc1. The summed E-state index contributed by atoms with van der Waals surface area (Å²) in [5, 5.41) is 13.8. The van der Waals surface area contributed by atoms with Crippen molar-refractivity contribution in [3.8, 4) is 0 Å². The van der Waals surface area contributed by atoms with E-state index < -0.39 is 5.60 Å². The van der Waals surface area contributed by atoms with Crippen molar-refractivity contribution < 1.29 is 5.11 Å². The van der Waals surface area contributed by atoms with Gasteiger partial charge in [-0.15, -0.1) is 0 Å². The summed E-state index contributed by atoms with van der Waals surface area (Å²) in [5.74, 6) is 0. The first-order valence-corrected chi connectivity index (χ1v) is 5.07. The van der Waals surface area contributed by atoms with Crippen LogP contribution >= 0.6 is 11.6 Å². The van der Waals surface area contributed by atoms with Gasteiger partial charge in [0.05, 0.1) is 5.60 Å². The average molecular weight is 214 g/mol. The van der Waals surface area contributed by atoms with Gasteiger partial charge in [-0.2, -0.15) is 0 Å². The van der Waals surface area contributed by atoms with Crippen LogP contribution in [0, 0.1) is 0 Å². The van der Waals surface area contributed by atoms with Crippen molar-refractivity contribution in [2.45, 2.75) is 18.9 Å². The Morgan fingerprint density at radius 1 is 1.36 bits per heavy atom. The summed E-state index contributed by atoms with van der Waals surface area (Å²) in [6.45, 7) is 2.60. The van der Waals surface area contributed by atoms with Crippen LogP contribution in [-0.2, 0) is 5.60 Å². The quantitative estimate of drug-likeness (QED) is 0.804. The molecule has 0 aliphatic heterocycles. The number of halogens is 1. The second-order valence-electron chi connectivity index (χ2n) is 3.63. The maximum Gasteiger partial charge on any atom is 0.0880 e. The molecular weight excluding hydrogens is 198 g/mol. The molecule has 1 rings (SSSR count). The maximum atomic E-state index is 10.1. The smallest absolute Gasteiger partial charge is 0.0880 e. The van der Waals surface area contributed by atoms with E-state index in [1.165, 1.54) is 0 Å². The van der Waals surface area contributed by atoms with Gasteiger partial charge in [0.2, 0.25) is 0 Å². The highest BCUT2D eigenvalue weighted by molar-refractivity contribution is 6.30. The van der Waals surface area contributed by atoms with E-state index in [0.717, 1.165) is 12.1 Å². The molecule has 0 bridgehead atoms. The maximum absolute atomic E-state index is 10.1. The molecule has 1 unspecified atom stereocenters. The molecule has 0 spiro atoms. The number of benzene rings is 1. The van der Waals surface area contributed by atoms with Crippen LogP contribution in [0.15, 0.2) is 24.3 Å². The summed E-state index contributed by atoms with van der Waals surface area (Å²) in [6, 6.07) is 7.31. The number of aliphatic hydroxyl groups is 1. The first-order valence-electron chi connectivity index (χ1n) is 4.69. The molecule has 0 saturated heterocycles. The van der Waals surface area contributed by atoms with E-state index in [9.17, 15) is 5.11 Å². The Kier molecular flexibility index (Phi) is 3.93. The van der Waals surface area contributed by atoms with Gasteiger partial charge in [-0.05, 0) is 44.6 Å². The fourth-order valence-electron chi connectivity index (χ4n) is 1.32. The summed E-state index contributed by atoms with van der Waals surface area (Å²) < 4.78 is 0. The first kappa shape index (κ1) is 11.5. The molecule has 1 aromatic carbocycles. The van der Waals surface area contributed by atoms with Crippen LogP contribution in [0.4, 0.5) is 0 Å². The lowest BCUT2D eigenvalue weighted by atomic mass is 9.93. The van der Waals surface area contributed by atoms with E-state index in [1.807, 2.05) is 26.1 Å². The third-order valence-corrected chi connectivity index (χ3v) is 2.58. The normalized spacial score (nSPS) is 15.1. The van der Waals surface area contributed by atoms with Gasteiger partial charge < -0.3 is 10.4 Å².